The molecule has 0 saturated heterocycles. The third-order valence-corrected chi connectivity index (χ3v) is 3.87. The smallest absolute Gasteiger partial charge is 0.00258 e. The molecule has 0 saturated carbocycles. The molecule has 22 heavy (non-hydrogen) atoms. The van der Waals surface area contributed by atoms with E-state index in [-0.39, 0.29) is 5.41 Å². The quantitative estimate of drug-likeness (QED) is 0.589. The average molecular weight is 296 g/mol. The van der Waals surface area contributed by atoms with E-state index in [2.05, 4.69) is 83.1 Å². The van der Waals surface area contributed by atoms with Crippen LogP contribution in [0.3, 0.4) is 0 Å². The molecule has 0 aromatic heterocycles. The maximum absolute atomic E-state index is 2.26. The first kappa shape index (κ1) is 18.5. The predicted octanol–water partition coefficient (Wildman–Crippen LogP) is 6.72. The van der Waals surface area contributed by atoms with Crippen LogP contribution >= 0.6 is 0 Å². The van der Waals surface area contributed by atoms with Gasteiger partial charge in [0.15, 0.2) is 0 Å². The fourth-order valence-corrected chi connectivity index (χ4v) is 2.38. The Hall–Kier alpha value is -1.56. The van der Waals surface area contributed by atoms with E-state index < -0.39 is 0 Å². The highest BCUT2D eigenvalue weighted by molar-refractivity contribution is 5.33. The second-order valence-electron chi connectivity index (χ2n) is 7.02. The maximum Gasteiger partial charge on any atom is -0.00258 e. The van der Waals surface area contributed by atoms with Crippen LogP contribution in [0.1, 0.15) is 76.6 Å². The van der Waals surface area contributed by atoms with Gasteiger partial charge in [-0.3, -0.25) is 0 Å². The van der Waals surface area contributed by atoms with Gasteiger partial charge in [0.2, 0.25) is 0 Å². The molecule has 0 radical (unpaired) electrons. The van der Waals surface area contributed by atoms with Crippen LogP contribution in [0.25, 0.3) is 0 Å². The summed E-state index contributed by atoms with van der Waals surface area (Å²) in [6.45, 7) is 15.2. The summed E-state index contributed by atoms with van der Waals surface area (Å²) in [7, 11) is 0. The second kappa shape index (κ2) is 8.17. The lowest BCUT2D eigenvalue weighted by Gasteiger charge is -2.19. The molecule has 2 rings (SSSR count). The molecule has 120 valence electrons. The Morgan fingerprint density at radius 1 is 0.727 bits per heavy atom. The summed E-state index contributed by atoms with van der Waals surface area (Å²) in [5.41, 5.74) is 5.82. The van der Waals surface area contributed by atoms with Gasteiger partial charge in [0, 0.05) is 0 Å². The summed E-state index contributed by atoms with van der Waals surface area (Å²) in [6.07, 6.45) is 1.02. The molecular formula is C22H32. The highest BCUT2D eigenvalue weighted by Crippen LogP contribution is 2.23. The minimum Gasteiger partial charge on any atom is -0.0683 e. The Labute approximate surface area is 137 Å². The molecule has 2 aromatic carbocycles. The van der Waals surface area contributed by atoms with Crippen molar-refractivity contribution in [3.05, 3.63) is 70.8 Å². The van der Waals surface area contributed by atoms with Gasteiger partial charge < -0.3 is 0 Å². The van der Waals surface area contributed by atoms with Crippen molar-refractivity contribution in [3.63, 3.8) is 0 Å². The molecule has 0 nitrogen and oxygen atoms in total. The zero-order chi connectivity index (χ0) is 16.8. The molecule has 0 unspecified atom stereocenters. The summed E-state index contributed by atoms with van der Waals surface area (Å²) in [6, 6.07) is 18.1. The van der Waals surface area contributed by atoms with Crippen molar-refractivity contribution in [2.75, 3.05) is 0 Å². The van der Waals surface area contributed by atoms with Gasteiger partial charge in [-0.2, -0.15) is 0 Å². The summed E-state index contributed by atoms with van der Waals surface area (Å²) in [5, 5.41) is 0. The van der Waals surface area contributed by atoms with Crippen LogP contribution in [-0.2, 0) is 11.8 Å². The molecule has 0 fully saturated rings. The van der Waals surface area contributed by atoms with Crippen LogP contribution in [-0.4, -0.2) is 0 Å². The minimum absolute atomic E-state index is 0.234. The van der Waals surface area contributed by atoms with Gasteiger partial charge in [0.1, 0.15) is 0 Å². The lowest BCUT2D eigenvalue weighted by molar-refractivity contribution is 0.590. The Morgan fingerprint density at radius 2 is 1.14 bits per heavy atom. The van der Waals surface area contributed by atoms with Gasteiger partial charge in [0.25, 0.3) is 0 Å². The Kier molecular flexibility index (Phi) is 6.87. The van der Waals surface area contributed by atoms with Gasteiger partial charge in [-0.15, -0.1) is 0 Å². The second-order valence-corrected chi connectivity index (χ2v) is 7.02. The Morgan fingerprint density at radius 3 is 1.50 bits per heavy atom. The summed E-state index contributed by atoms with van der Waals surface area (Å²) < 4.78 is 0. The van der Waals surface area contributed by atoms with Crippen LogP contribution in [0.15, 0.2) is 48.5 Å². The van der Waals surface area contributed by atoms with E-state index in [0.717, 1.165) is 6.42 Å². The van der Waals surface area contributed by atoms with Crippen molar-refractivity contribution in [2.45, 2.75) is 66.2 Å². The van der Waals surface area contributed by atoms with Crippen molar-refractivity contribution in [1.82, 2.24) is 0 Å². The first-order valence-corrected chi connectivity index (χ1v) is 8.54. The van der Waals surface area contributed by atoms with E-state index in [4.69, 9.17) is 0 Å². The van der Waals surface area contributed by atoms with Crippen molar-refractivity contribution < 1.29 is 0 Å². The van der Waals surface area contributed by atoms with Gasteiger partial charge in [-0.1, -0.05) is 97.0 Å². The van der Waals surface area contributed by atoms with Crippen molar-refractivity contribution in [2.24, 2.45) is 0 Å². The van der Waals surface area contributed by atoms with E-state index in [1.807, 2.05) is 13.8 Å². The highest BCUT2D eigenvalue weighted by atomic mass is 14.2. The first-order valence-electron chi connectivity index (χ1n) is 8.54. The standard InChI is InChI=1S/C20H26.C2H6/c1-15(2)18-10-6-16(7-11-18)14-17-8-12-19(13-9-17)20(3,4)5;1-2/h6-13,15H,14H2,1-5H3;1-2H3. The van der Waals surface area contributed by atoms with E-state index >= 15 is 0 Å². The van der Waals surface area contributed by atoms with Gasteiger partial charge in [-0.05, 0) is 40.0 Å². The number of hydrogen-bond donors (Lipinski definition) is 0. The summed E-state index contributed by atoms with van der Waals surface area (Å²) in [4.78, 5) is 0. The fourth-order valence-electron chi connectivity index (χ4n) is 2.38. The number of rotatable bonds is 3. The topological polar surface area (TPSA) is 0 Å². The van der Waals surface area contributed by atoms with Crippen molar-refractivity contribution in [3.8, 4) is 0 Å². The molecular weight excluding hydrogens is 264 g/mol. The lowest BCUT2D eigenvalue weighted by atomic mass is 9.86. The van der Waals surface area contributed by atoms with Crippen LogP contribution in [0.5, 0.6) is 0 Å². The molecule has 0 aliphatic rings. The van der Waals surface area contributed by atoms with Gasteiger partial charge in [-0.25, -0.2) is 0 Å². The lowest BCUT2D eigenvalue weighted by Crippen LogP contribution is -2.10. The monoisotopic (exact) mass is 296 g/mol. The Bertz CT molecular complexity index is 536. The van der Waals surface area contributed by atoms with Crippen molar-refractivity contribution >= 4 is 0 Å². The van der Waals surface area contributed by atoms with Crippen LogP contribution in [0.2, 0.25) is 0 Å². The summed E-state index contributed by atoms with van der Waals surface area (Å²) >= 11 is 0. The number of hydrogen-bond acceptors (Lipinski definition) is 0. The molecule has 2 aromatic rings. The van der Waals surface area contributed by atoms with Gasteiger partial charge in [0.05, 0.1) is 0 Å². The Balaban J connectivity index is 0.00000116. The first-order chi connectivity index (χ1) is 10.4. The normalized spacial score (nSPS) is 11.1. The molecule has 0 amide bonds. The molecule has 0 aliphatic heterocycles. The predicted molar refractivity (Wildman–Crippen MR) is 99.8 cm³/mol. The minimum atomic E-state index is 0.234. The van der Waals surface area contributed by atoms with Crippen LogP contribution in [0, 0.1) is 0 Å². The molecule has 0 heterocycles. The molecule has 0 heteroatoms. The number of benzene rings is 2. The van der Waals surface area contributed by atoms with E-state index in [1.165, 1.54) is 22.3 Å². The average Bonchev–Trinajstić information content (AvgIpc) is 2.49. The fraction of sp³-hybridized carbons (Fsp3) is 0.455. The molecule has 0 N–H and O–H groups in total. The highest BCUT2D eigenvalue weighted by Gasteiger charge is 2.12. The molecule has 0 aliphatic carbocycles. The third-order valence-electron chi connectivity index (χ3n) is 3.87. The molecule has 0 spiro atoms. The third kappa shape index (κ3) is 5.33. The van der Waals surface area contributed by atoms with E-state index in [0.29, 0.717) is 5.92 Å². The van der Waals surface area contributed by atoms with Crippen LogP contribution in [0.4, 0.5) is 0 Å². The summed E-state index contributed by atoms with van der Waals surface area (Å²) in [5.74, 6) is 0.607. The van der Waals surface area contributed by atoms with Gasteiger partial charge >= 0.3 is 0 Å². The zero-order valence-electron chi connectivity index (χ0n) is 15.4. The molecule has 0 atom stereocenters. The largest absolute Gasteiger partial charge is 0.0683 e. The van der Waals surface area contributed by atoms with Crippen molar-refractivity contribution in [1.29, 1.82) is 0 Å². The molecule has 0 bridgehead atoms. The van der Waals surface area contributed by atoms with Crippen LogP contribution < -0.4 is 0 Å². The van der Waals surface area contributed by atoms with E-state index in [9.17, 15) is 0 Å². The van der Waals surface area contributed by atoms with E-state index in [1.54, 1.807) is 0 Å². The zero-order valence-corrected chi connectivity index (χ0v) is 15.4. The SMILES string of the molecule is CC.CC(C)c1ccc(Cc2ccc(C(C)(C)C)cc2)cc1. The maximum atomic E-state index is 2.26.